The van der Waals surface area contributed by atoms with E-state index in [1.165, 1.54) is 0 Å². The highest BCUT2D eigenvalue weighted by Gasteiger charge is 2.30. The van der Waals surface area contributed by atoms with Crippen LogP contribution in [0.25, 0.3) is 0 Å². The first kappa shape index (κ1) is 15.7. The van der Waals surface area contributed by atoms with E-state index in [4.69, 9.17) is 5.73 Å². The summed E-state index contributed by atoms with van der Waals surface area (Å²) in [7, 11) is 0. The molecule has 2 atom stereocenters. The molecule has 0 radical (unpaired) electrons. The van der Waals surface area contributed by atoms with Crippen LogP contribution in [0.2, 0.25) is 0 Å². The van der Waals surface area contributed by atoms with Crippen LogP contribution >= 0.6 is 22.6 Å². The van der Waals surface area contributed by atoms with E-state index in [1.54, 1.807) is 0 Å². The van der Waals surface area contributed by atoms with Crippen molar-refractivity contribution in [2.75, 3.05) is 0 Å². The topological polar surface area (TPSA) is 101 Å². The van der Waals surface area contributed by atoms with E-state index >= 15 is 0 Å². The Balaban J connectivity index is 2.03. The Labute approximate surface area is 136 Å². The largest absolute Gasteiger partial charge is 0.368 e. The fraction of sp³-hybridized carbons (Fsp3) is 0.357. The van der Waals surface area contributed by atoms with Crippen molar-refractivity contribution < 1.29 is 14.4 Å². The van der Waals surface area contributed by atoms with Gasteiger partial charge >= 0.3 is 0 Å². The van der Waals surface area contributed by atoms with E-state index in [1.807, 2.05) is 24.3 Å². The van der Waals surface area contributed by atoms with Gasteiger partial charge in [-0.1, -0.05) is 18.2 Å². The molecular formula is C14H16IN3O3. The van der Waals surface area contributed by atoms with Gasteiger partial charge in [-0.15, -0.1) is 0 Å². The normalized spacial score (nSPS) is 18.9. The maximum absolute atomic E-state index is 12.0. The first-order valence-electron chi connectivity index (χ1n) is 6.60. The second kappa shape index (κ2) is 6.88. The lowest BCUT2D eigenvalue weighted by Gasteiger charge is -2.18. The highest BCUT2D eigenvalue weighted by Crippen LogP contribution is 2.14. The highest BCUT2D eigenvalue weighted by molar-refractivity contribution is 14.1. The Kier molecular flexibility index (Phi) is 5.16. The molecule has 1 aliphatic heterocycles. The van der Waals surface area contributed by atoms with E-state index in [2.05, 4.69) is 33.2 Å². The molecule has 112 valence electrons. The number of nitrogens with two attached hydrogens (primary N) is 1. The van der Waals surface area contributed by atoms with Crippen molar-refractivity contribution in [1.29, 1.82) is 0 Å². The lowest BCUT2D eigenvalue weighted by Crippen LogP contribution is -2.51. The molecule has 1 heterocycles. The number of rotatable bonds is 5. The van der Waals surface area contributed by atoms with Crippen LogP contribution in [0.3, 0.4) is 0 Å². The van der Waals surface area contributed by atoms with Gasteiger partial charge in [-0.3, -0.25) is 14.4 Å². The molecule has 0 aliphatic carbocycles. The minimum Gasteiger partial charge on any atom is -0.368 e. The molecule has 21 heavy (non-hydrogen) atoms. The smallest absolute Gasteiger partial charge is 0.243 e. The van der Waals surface area contributed by atoms with E-state index in [-0.39, 0.29) is 11.8 Å². The third kappa shape index (κ3) is 4.16. The van der Waals surface area contributed by atoms with Gasteiger partial charge in [0, 0.05) is 16.4 Å². The maximum atomic E-state index is 12.0. The zero-order chi connectivity index (χ0) is 15.4. The van der Waals surface area contributed by atoms with Gasteiger partial charge in [-0.2, -0.15) is 0 Å². The quantitative estimate of drug-likeness (QED) is 0.610. The minimum absolute atomic E-state index is 0.150. The van der Waals surface area contributed by atoms with Gasteiger partial charge in [-0.25, -0.2) is 0 Å². The Morgan fingerprint density at radius 2 is 2.14 bits per heavy atom. The van der Waals surface area contributed by atoms with Gasteiger partial charge in [0.1, 0.15) is 12.1 Å². The highest BCUT2D eigenvalue weighted by atomic mass is 127. The summed E-state index contributed by atoms with van der Waals surface area (Å²) in [6.45, 7) is 0. The summed E-state index contributed by atoms with van der Waals surface area (Å²) in [6, 6.07) is 6.22. The number of benzene rings is 1. The molecule has 1 saturated heterocycles. The number of nitrogens with one attached hydrogen (secondary N) is 2. The van der Waals surface area contributed by atoms with Crippen LogP contribution in [-0.4, -0.2) is 29.8 Å². The van der Waals surface area contributed by atoms with Crippen molar-refractivity contribution in [3.05, 3.63) is 33.4 Å². The first-order valence-corrected chi connectivity index (χ1v) is 7.67. The Bertz CT molecular complexity index is 576. The van der Waals surface area contributed by atoms with Gasteiger partial charge < -0.3 is 16.4 Å². The molecule has 1 aliphatic rings. The Hall–Kier alpha value is -1.64. The third-order valence-electron chi connectivity index (χ3n) is 3.35. The monoisotopic (exact) mass is 401 g/mol. The van der Waals surface area contributed by atoms with Gasteiger partial charge in [0.05, 0.1) is 0 Å². The Morgan fingerprint density at radius 3 is 2.71 bits per heavy atom. The Morgan fingerprint density at radius 1 is 1.43 bits per heavy atom. The molecule has 0 unspecified atom stereocenters. The molecule has 1 aromatic carbocycles. The van der Waals surface area contributed by atoms with Gasteiger partial charge in [0.2, 0.25) is 17.7 Å². The van der Waals surface area contributed by atoms with E-state index in [0.29, 0.717) is 19.3 Å². The summed E-state index contributed by atoms with van der Waals surface area (Å²) in [6.07, 6.45) is 1.11. The van der Waals surface area contributed by atoms with Gasteiger partial charge in [0.15, 0.2) is 0 Å². The number of carbonyl (C=O) groups excluding carboxylic acids is 3. The van der Waals surface area contributed by atoms with E-state index in [9.17, 15) is 14.4 Å². The van der Waals surface area contributed by atoms with Crippen LogP contribution < -0.4 is 16.4 Å². The third-order valence-corrected chi connectivity index (χ3v) is 4.41. The number of carbonyl (C=O) groups is 3. The number of halogens is 1. The standard InChI is InChI=1S/C14H16IN3O3/c15-9-4-2-1-3-8(9)7-11(13(16)20)18-14(21)10-5-6-12(19)17-10/h1-4,10-11H,5-7H2,(H2,16,20)(H,17,19)(H,18,21)/t10-,11+/m0/s1. The molecule has 6 nitrogen and oxygen atoms in total. The number of hydrogen-bond acceptors (Lipinski definition) is 3. The maximum Gasteiger partial charge on any atom is 0.243 e. The predicted octanol–water partition coefficient (Wildman–Crippen LogP) is 0.0824. The molecular weight excluding hydrogens is 385 g/mol. The van der Waals surface area contributed by atoms with Crippen LogP contribution in [-0.2, 0) is 20.8 Å². The summed E-state index contributed by atoms with van der Waals surface area (Å²) in [5, 5.41) is 5.19. The fourth-order valence-electron chi connectivity index (χ4n) is 2.19. The average Bonchev–Trinajstić information content (AvgIpc) is 2.87. The molecule has 1 fully saturated rings. The van der Waals surface area contributed by atoms with Crippen molar-refractivity contribution in [2.24, 2.45) is 5.73 Å². The minimum atomic E-state index is -0.786. The fourth-order valence-corrected chi connectivity index (χ4v) is 2.80. The molecule has 3 amide bonds. The lowest BCUT2D eigenvalue weighted by atomic mass is 10.0. The van der Waals surface area contributed by atoms with Gasteiger partial charge in [0.25, 0.3) is 0 Å². The molecule has 4 N–H and O–H groups in total. The van der Waals surface area contributed by atoms with Crippen LogP contribution in [0.5, 0.6) is 0 Å². The molecule has 7 heteroatoms. The summed E-state index contributed by atoms with van der Waals surface area (Å²) in [5.41, 5.74) is 6.31. The van der Waals surface area contributed by atoms with Crippen LogP contribution in [0.4, 0.5) is 0 Å². The molecule has 2 rings (SSSR count). The van der Waals surface area contributed by atoms with Crippen molar-refractivity contribution in [3.63, 3.8) is 0 Å². The SMILES string of the molecule is NC(=O)[C@@H](Cc1ccccc1I)NC(=O)[C@@H]1CCC(=O)N1. The first-order chi connectivity index (χ1) is 9.97. The molecule has 0 bridgehead atoms. The van der Waals surface area contributed by atoms with Crippen LogP contribution in [0.1, 0.15) is 18.4 Å². The number of hydrogen-bond donors (Lipinski definition) is 3. The molecule has 0 saturated carbocycles. The van der Waals surface area contributed by atoms with Crippen molar-refractivity contribution >= 4 is 40.3 Å². The van der Waals surface area contributed by atoms with Crippen LogP contribution in [0.15, 0.2) is 24.3 Å². The predicted molar refractivity (Wildman–Crippen MR) is 85.2 cm³/mol. The summed E-state index contributed by atoms with van der Waals surface area (Å²) < 4.78 is 1.00. The number of amides is 3. The van der Waals surface area contributed by atoms with E-state index < -0.39 is 18.0 Å². The summed E-state index contributed by atoms with van der Waals surface area (Å²) in [4.78, 5) is 34.7. The van der Waals surface area contributed by atoms with Crippen LogP contribution in [0, 0.1) is 3.57 Å². The zero-order valence-electron chi connectivity index (χ0n) is 11.3. The number of primary amides is 1. The van der Waals surface area contributed by atoms with Crippen molar-refractivity contribution in [3.8, 4) is 0 Å². The lowest BCUT2D eigenvalue weighted by molar-refractivity contribution is -0.129. The molecule has 0 spiro atoms. The molecule has 0 aromatic heterocycles. The average molecular weight is 401 g/mol. The second-order valence-corrected chi connectivity index (χ2v) is 6.08. The summed E-state index contributed by atoms with van der Waals surface area (Å²) in [5.74, 6) is -1.11. The zero-order valence-corrected chi connectivity index (χ0v) is 13.4. The van der Waals surface area contributed by atoms with Gasteiger partial charge in [-0.05, 0) is 40.6 Å². The van der Waals surface area contributed by atoms with Crippen molar-refractivity contribution in [1.82, 2.24) is 10.6 Å². The van der Waals surface area contributed by atoms with E-state index in [0.717, 1.165) is 9.13 Å². The summed E-state index contributed by atoms with van der Waals surface area (Å²) >= 11 is 2.17. The second-order valence-electron chi connectivity index (χ2n) is 4.92. The molecule has 1 aromatic rings. The van der Waals surface area contributed by atoms with Crippen molar-refractivity contribution in [2.45, 2.75) is 31.3 Å².